The maximum atomic E-state index is 11.5. The highest BCUT2D eigenvalue weighted by molar-refractivity contribution is 5.73. The monoisotopic (exact) mass is 222 g/mol. The van der Waals surface area contributed by atoms with Crippen molar-refractivity contribution in [2.24, 2.45) is 0 Å². The molecular formula is C13H18O3. The molecule has 0 spiro atoms. The molecule has 3 heteroatoms. The standard InChI is InChI=1S/C13H18O3/c1-9(2)16-13(14)8-11-7-10(3)5-6-12(11)15-4/h5-7,9H,8H2,1-4H3. The molecule has 16 heavy (non-hydrogen) atoms. The Hall–Kier alpha value is -1.51. The van der Waals surface area contributed by atoms with E-state index in [9.17, 15) is 4.79 Å². The van der Waals surface area contributed by atoms with E-state index in [-0.39, 0.29) is 18.5 Å². The maximum absolute atomic E-state index is 11.5. The van der Waals surface area contributed by atoms with Crippen molar-refractivity contribution in [3.05, 3.63) is 29.3 Å². The number of aryl methyl sites for hydroxylation is 1. The summed E-state index contributed by atoms with van der Waals surface area (Å²) in [6.45, 7) is 5.66. The fourth-order valence-electron chi connectivity index (χ4n) is 1.51. The van der Waals surface area contributed by atoms with Crippen LogP contribution in [0.4, 0.5) is 0 Å². The normalized spacial score (nSPS) is 10.3. The summed E-state index contributed by atoms with van der Waals surface area (Å²) >= 11 is 0. The number of rotatable bonds is 4. The van der Waals surface area contributed by atoms with Gasteiger partial charge in [0.25, 0.3) is 0 Å². The summed E-state index contributed by atoms with van der Waals surface area (Å²) < 4.78 is 10.3. The number of methoxy groups -OCH3 is 1. The van der Waals surface area contributed by atoms with E-state index in [4.69, 9.17) is 9.47 Å². The van der Waals surface area contributed by atoms with Crippen molar-refractivity contribution >= 4 is 5.97 Å². The highest BCUT2D eigenvalue weighted by Gasteiger charge is 2.11. The Bertz CT molecular complexity index is 369. The highest BCUT2D eigenvalue weighted by atomic mass is 16.5. The van der Waals surface area contributed by atoms with Crippen molar-refractivity contribution in [3.63, 3.8) is 0 Å². The molecule has 0 saturated carbocycles. The fraction of sp³-hybridized carbons (Fsp3) is 0.462. The van der Waals surface area contributed by atoms with Gasteiger partial charge in [0, 0.05) is 5.56 Å². The molecule has 1 aromatic rings. The first-order valence-electron chi connectivity index (χ1n) is 5.36. The molecule has 0 heterocycles. The molecule has 0 aliphatic carbocycles. The van der Waals surface area contributed by atoms with Gasteiger partial charge in [0.1, 0.15) is 5.75 Å². The van der Waals surface area contributed by atoms with Gasteiger partial charge >= 0.3 is 5.97 Å². The van der Waals surface area contributed by atoms with Crippen LogP contribution in [-0.2, 0) is 16.0 Å². The Morgan fingerprint density at radius 3 is 2.62 bits per heavy atom. The van der Waals surface area contributed by atoms with Gasteiger partial charge in [-0.15, -0.1) is 0 Å². The molecule has 0 aromatic heterocycles. The summed E-state index contributed by atoms with van der Waals surface area (Å²) in [5, 5.41) is 0. The zero-order valence-electron chi connectivity index (χ0n) is 10.2. The molecular weight excluding hydrogens is 204 g/mol. The number of hydrogen-bond donors (Lipinski definition) is 0. The van der Waals surface area contributed by atoms with Crippen molar-refractivity contribution in [2.45, 2.75) is 33.3 Å². The molecule has 0 N–H and O–H groups in total. The lowest BCUT2D eigenvalue weighted by Gasteiger charge is -2.11. The summed E-state index contributed by atoms with van der Waals surface area (Å²) in [7, 11) is 1.60. The molecule has 0 amide bonds. The zero-order valence-corrected chi connectivity index (χ0v) is 10.2. The molecule has 0 fully saturated rings. The van der Waals surface area contributed by atoms with Gasteiger partial charge in [-0.05, 0) is 26.8 Å². The predicted molar refractivity (Wildman–Crippen MR) is 62.7 cm³/mol. The van der Waals surface area contributed by atoms with Gasteiger partial charge in [-0.1, -0.05) is 17.7 Å². The smallest absolute Gasteiger partial charge is 0.310 e. The zero-order chi connectivity index (χ0) is 12.1. The molecule has 3 nitrogen and oxygen atoms in total. The van der Waals surface area contributed by atoms with E-state index in [1.807, 2.05) is 39.0 Å². The van der Waals surface area contributed by atoms with E-state index >= 15 is 0 Å². The minimum atomic E-state index is -0.223. The molecule has 0 saturated heterocycles. The predicted octanol–water partition coefficient (Wildman–Crippen LogP) is 2.50. The van der Waals surface area contributed by atoms with Crippen molar-refractivity contribution in [1.82, 2.24) is 0 Å². The Balaban J connectivity index is 2.79. The first-order valence-corrected chi connectivity index (χ1v) is 5.36. The van der Waals surface area contributed by atoms with E-state index < -0.39 is 0 Å². The van der Waals surface area contributed by atoms with Crippen LogP contribution in [-0.4, -0.2) is 19.2 Å². The number of benzene rings is 1. The van der Waals surface area contributed by atoms with Crippen LogP contribution in [0.2, 0.25) is 0 Å². The SMILES string of the molecule is COc1ccc(C)cc1CC(=O)OC(C)C. The van der Waals surface area contributed by atoms with Crippen LogP contribution < -0.4 is 4.74 Å². The van der Waals surface area contributed by atoms with Crippen LogP contribution in [0.5, 0.6) is 5.75 Å². The van der Waals surface area contributed by atoms with Crippen LogP contribution >= 0.6 is 0 Å². The van der Waals surface area contributed by atoms with E-state index in [2.05, 4.69) is 0 Å². The summed E-state index contributed by atoms with van der Waals surface area (Å²) in [5.74, 6) is 0.505. The van der Waals surface area contributed by atoms with Crippen LogP contribution in [0.3, 0.4) is 0 Å². The van der Waals surface area contributed by atoms with Crippen molar-refractivity contribution in [1.29, 1.82) is 0 Å². The minimum Gasteiger partial charge on any atom is -0.496 e. The van der Waals surface area contributed by atoms with Crippen LogP contribution in [0.25, 0.3) is 0 Å². The second-order valence-electron chi connectivity index (χ2n) is 4.03. The third-order valence-electron chi connectivity index (χ3n) is 2.14. The average Bonchev–Trinajstić information content (AvgIpc) is 2.16. The summed E-state index contributed by atoms with van der Waals surface area (Å²) in [6, 6.07) is 5.77. The van der Waals surface area contributed by atoms with Gasteiger partial charge in [0.15, 0.2) is 0 Å². The summed E-state index contributed by atoms with van der Waals surface area (Å²) in [4.78, 5) is 11.5. The van der Waals surface area contributed by atoms with Gasteiger partial charge < -0.3 is 9.47 Å². The van der Waals surface area contributed by atoms with Crippen molar-refractivity contribution in [2.75, 3.05) is 7.11 Å². The number of carbonyl (C=O) groups is 1. The topological polar surface area (TPSA) is 35.5 Å². The van der Waals surface area contributed by atoms with Gasteiger partial charge in [-0.3, -0.25) is 4.79 Å². The molecule has 1 aromatic carbocycles. The molecule has 0 aliphatic heterocycles. The Morgan fingerprint density at radius 1 is 1.38 bits per heavy atom. The van der Waals surface area contributed by atoms with Gasteiger partial charge in [0.2, 0.25) is 0 Å². The Morgan fingerprint density at radius 2 is 2.06 bits per heavy atom. The molecule has 0 bridgehead atoms. The highest BCUT2D eigenvalue weighted by Crippen LogP contribution is 2.20. The molecule has 88 valence electrons. The van der Waals surface area contributed by atoms with Gasteiger partial charge in [-0.2, -0.15) is 0 Å². The first kappa shape index (κ1) is 12.6. The Kier molecular flexibility index (Phi) is 4.35. The second-order valence-corrected chi connectivity index (χ2v) is 4.03. The van der Waals surface area contributed by atoms with Crippen LogP contribution in [0, 0.1) is 6.92 Å². The van der Waals surface area contributed by atoms with Gasteiger partial charge in [0.05, 0.1) is 19.6 Å². The average molecular weight is 222 g/mol. The third kappa shape index (κ3) is 3.57. The third-order valence-corrected chi connectivity index (χ3v) is 2.14. The summed E-state index contributed by atoms with van der Waals surface area (Å²) in [6.07, 6.45) is 0.173. The van der Waals surface area contributed by atoms with E-state index in [1.165, 1.54) is 0 Å². The molecule has 0 radical (unpaired) electrons. The summed E-state index contributed by atoms with van der Waals surface area (Å²) in [5.41, 5.74) is 1.97. The molecule has 0 atom stereocenters. The van der Waals surface area contributed by atoms with Gasteiger partial charge in [-0.25, -0.2) is 0 Å². The maximum Gasteiger partial charge on any atom is 0.310 e. The number of carbonyl (C=O) groups excluding carboxylic acids is 1. The molecule has 1 rings (SSSR count). The minimum absolute atomic E-state index is 0.0803. The number of esters is 1. The van der Waals surface area contributed by atoms with Crippen molar-refractivity contribution < 1.29 is 14.3 Å². The van der Waals surface area contributed by atoms with Crippen molar-refractivity contribution in [3.8, 4) is 5.75 Å². The Labute approximate surface area is 96.4 Å². The van der Waals surface area contributed by atoms with Crippen LogP contribution in [0.1, 0.15) is 25.0 Å². The lowest BCUT2D eigenvalue weighted by molar-refractivity contribution is -0.146. The number of ether oxygens (including phenoxy) is 2. The first-order chi connectivity index (χ1) is 7.52. The van der Waals surface area contributed by atoms with E-state index in [1.54, 1.807) is 7.11 Å². The van der Waals surface area contributed by atoms with Crippen LogP contribution in [0.15, 0.2) is 18.2 Å². The van der Waals surface area contributed by atoms with E-state index in [0.29, 0.717) is 0 Å². The largest absolute Gasteiger partial charge is 0.496 e. The lowest BCUT2D eigenvalue weighted by atomic mass is 10.1. The quantitative estimate of drug-likeness (QED) is 0.734. The number of hydrogen-bond acceptors (Lipinski definition) is 3. The molecule has 0 unspecified atom stereocenters. The second kappa shape index (κ2) is 5.54. The van der Waals surface area contributed by atoms with E-state index in [0.717, 1.165) is 16.9 Å². The fourth-order valence-corrected chi connectivity index (χ4v) is 1.51. The lowest BCUT2D eigenvalue weighted by Crippen LogP contribution is -2.14. The molecule has 0 aliphatic rings.